The van der Waals surface area contributed by atoms with Crippen molar-refractivity contribution in [2.45, 2.75) is 63.0 Å². The first kappa shape index (κ1) is 17.4. The normalized spacial score (nSPS) is 23.1. The van der Waals surface area contributed by atoms with Gasteiger partial charge in [-0.3, -0.25) is 4.79 Å². The Labute approximate surface area is 144 Å². The summed E-state index contributed by atoms with van der Waals surface area (Å²) in [6.45, 7) is 2.05. The van der Waals surface area contributed by atoms with Crippen molar-refractivity contribution in [2.24, 2.45) is 0 Å². The number of carbonyl (C=O) groups excluding carboxylic acids is 1. The molecule has 1 aromatic carbocycles. The van der Waals surface area contributed by atoms with Crippen molar-refractivity contribution in [3.8, 4) is 0 Å². The van der Waals surface area contributed by atoms with Gasteiger partial charge in [0.15, 0.2) is 0 Å². The van der Waals surface area contributed by atoms with Crippen molar-refractivity contribution in [1.29, 1.82) is 0 Å². The van der Waals surface area contributed by atoms with E-state index in [-0.39, 0.29) is 18.4 Å². The van der Waals surface area contributed by atoms with Crippen LogP contribution in [0.1, 0.15) is 50.5 Å². The van der Waals surface area contributed by atoms with Gasteiger partial charge in [-0.15, -0.1) is 0 Å². The standard InChI is InChI=1S/C20H29NO3/c22-19(15-20(23)11-5-2-6-12-20)21(18-10-14-24-16-18)13-9-17-7-3-1-4-8-17/h1,3-4,7-8,18,23H,2,5-6,9-16H2. The smallest absolute Gasteiger partial charge is 0.225 e. The number of aliphatic hydroxyl groups is 1. The fraction of sp³-hybridized carbons (Fsp3) is 0.650. The van der Waals surface area contributed by atoms with Crippen LogP contribution in [0.3, 0.4) is 0 Å². The van der Waals surface area contributed by atoms with Crippen LogP contribution in [0.2, 0.25) is 0 Å². The van der Waals surface area contributed by atoms with Crippen molar-refractivity contribution >= 4 is 5.91 Å². The molecule has 1 unspecified atom stereocenters. The van der Waals surface area contributed by atoms with E-state index in [0.717, 1.165) is 45.1 Å². The number of nitrogens with zero attached hydrogens (tertiary/aromatic N) is 1. The van der Waals surface area contributed by atoms with Gasteiger partial charge in [0.05, 0.1) is 24.7 Å². The lowest BCUT2D eigenvalue weighted by Gasteiger charge is -2.35. The summed E-state index contributed by atoms with van der Waals surface area (Å²) in [6.07, 6.45) is 6.75. The molecule has 24 heavy (non-hydrogen) atoms. The molecular weight excluding hydrogens is 302 g/mol. The van der Waals surface area contributed by atoms with Crippen LogP contribution >= 0.6 is 0 Å². The van der Waals surface area contributed by atoms with Gasteiger partial charge in [-0.1, -0.05) is 49.6 Å². The van der Waals surface area contributed by atoms with E-state index in [1.165, 1.54) is 12.0 Å². The Kier molecular flexibility index (Phi) is 5.90. The summed E-state index contributed by atoms with van der Waals surface area (Å²) in [5.74, 6) is 0.0887. The highest BCUT2D eigenvalue weighted by molar-refractivity contribution is 5.77. The Morgan fingerprint density at radius 3 is 2.62 bits per heavy atom. The average Bonchev–Trinajstić information content (AvgIpc) is 3.10. The number of amides is 1. The van der Waals surface area contributed by atoms with Crippen molar-refractivity contribution in [3.63, 3.8) is 0 Å². The molecular formula is C20H29NO3. The first-order chi connectivity index (χ1) is 11.7. The summed E-state index contributed by atoms with van der Waals surface area (Å²) in [5.41, 5.74) is 0.449. The molecule has 0 radical (unpaired) electrons. The molecule has 0 aromatic heterocycles. The Morgan fingerprint density at radius 1 is 1.21 bits per heavy atom. The number of hydrogen-bond donors (Lipinski definition) is 1. The molecule has 0 bridgehead atoms. The van der Waals surface area contributed by atoms with E-state index in [4.69, 9.17) is 4.74 Å². The van der Waals surface area contributed by atoms with Crippen molar-refractivity contribution in [3.05, 3.63) is 35.9 Å². The van der Waals surface area contributed by atoms with Crippen LogP contribution < -0.4 is 0 Å². The lowest BCUT2D eigenvalue weighted by Crippen LogP contribution is -2.46. The summed E-state index contributed by atoms with van der Waals surface area (Å²) in [7, 11) is 0. The molecule has 3 rings (SSSR count). The van der Waals surface area contributed by atoms with Gasteiger partial charge in [-0.25, -0.2) is 0 Å². The number of benzene rings is 1. The Bertz CT molecular complexity index is 519. The van der Waals surface area contributed by atoms with Gasteiger partial charge >= 0.3 is 0 Å². The summed E-state index contributed by atoms with van der Waals surface area (Å²) in [4.78, 5) is 14.9. The monoisotopic (exact) mass is 331 g/mol. The molecule has 1 saturated heterocycles. The van der Waals surface area contributed by atoms with E-state index in [2.05, 4.69) is 12.1 Å². The van der Waals surface area contributed by atoms with Gasteiger partial charge in [0.2, 0.25) is 5.91 Å². The highest BCUT2D eigenvalue weighted by Gasteiger charge is 2.35. The largest absolute Gasteiger partial charge is 0.389 e. The van der Waals surface area contributed by atoms with E-state index in [9.17, 15) is 9.90 Å². The van der Waals surface area contributed by atoms with E-state index < -0.39 is 5.60 Å². The SMILES string of the molecule is O=C(CC1(O)CCCCC1)N(CCc1ccccc1)C1CCOC1. The van der Waals surface area contributed by atoms with Gasteiger partial charge in [0.25, 0.3) is 0 Å². The maximum Gasteiger partial charge on any atom is 0.225 e. The molecule has 1 aromatic rings. The maximum atomic E-state index is 12.9. The minimum absolute atomic E-state index is 0.0887. The van der Waals surface area contributed by atoms with E-state index in [1.54, 1.807) is 0 Å². The molecule has 132 valence electrons. The summed E-state index contributed by atoms with van der Waals surface area (Å²) >= 11 is 0. The van der Waals surface area contributed by atoms with E-state index in [0.29, 0.717) is 13.2 Å². The second-order valence-corrected chi connectivity index (χ2v) is 7.30. The number of carbonyl (C=O) groups is 1. The number of ether oxygens (including phenoxy) is 1. The topological polar surface area (TPSA) is 49.8 Å². The minimum atomic E-state index is -0.792. The van der Waals surface area contributed by atoms with E-state index >= 15 is 0 Å². The van der Waals surface area contributed by atoms with Crippen LogP contribution in [0.15, 0.2) is 30.3 Å². The predicted octanol–water partition coefficient (Wildman–Crippen LogP) is 2.93. The molecule has 1 heterocycles. The number of hydrogen-bond acceptors (Lipinski definition) is 3. The summed E-state index contributed by atoms with van der Waals surface area (Å²) in [6, 6.07) is 10.4. The van der Waals surface area contributed by atoms with Crippen molar-refractivity contribution < 1.29 is 14.6 Å². The average molecular weight is 331 g/mol. The molecule has 2 fully saturated rings. The third-order valence-corrected chi connectivity index (χ3v) is 5.42. The maximum absolute atomic E-state index is 12.9. The third-order valence-electron chi connectivity index (χ3n) is 5.42. The lowest BCUT2D eigenvalue weighted by atomic mass is 9.82. The van der Waals surface area contributed by atoms with Gasteiger partial charge in [-0.2, -0.15) is 0 Å². The Hall–Kier alpha value is -1.39. The fourth-order valence-electron chi connectivity index (χ4n) is 3.94. The van der Waals surface area contributed by atoms with Crippen LogP contribution in [0.5, 0.6) is 0 Å². The van der Waals surface area contributed by atoms with Gasteiger partial charge < -0.3 is 14.7 Å². The predicted molar refractivity (Wildman–Crippen MR) is 93.7 cm³/mol. The first-order valence-electron chi connectivity index (χ1n) is 9.30. The van der Waals surface area contributed by atoms with Crippen molar-refractivity contribution in [2.75, 3.05) is 19.8 Å². The molecule has 1 amide bonds. The molecule has 1 saturated carbocycles. The first-order valence-corrected chi connectivity index (χ1v) is 9.30. The zero-order valence-corrected chi connectivity index (χ0v) is 14.5. The Morgan fingerprint density at radius 2 is 1.96 bits per heavy atom. The van der Waals surface area contributed by atoms with Gasteiger partial charge in [-0.05, 0) is 31.2 Å². The molecule has 4 heteroatoms. The molecule has 2 aliphatic rings. The fourth-order valence-corrected chi connectivity index (χ4v) is 3.94. The van der Waals surface area contributed by atoms with Crippen LogP contribution in [0.25, 0.3) is 0 Å². The molecule has 1 N–H and O–H groups in total. The zero-order chi connectivity index (χ0) is 16.8. The second-order valence-electron chi connectivity index (χ2n) is 7.30. The van der Waals surface area contributed by atoms with E-state index in [1.807, 2.05) is 23.1 Å². The minimum Gasteiger partial charge on any atom is -0.389 e. The molecule has 4 nitrogen and oxygen atoms in total. The highest BCUT2D eigenvalue weighted by atomic mass is 16.5. The van der Waals surface area contributed by atoms with Crippen LogP contribution in [-0.4, -0.2) is 47.3 Å². The quantitative estimate of drug-likeness (QED) is 0.872. The van der Waals surface area contributed by atoms with Crippen LogP contribution in [0.4, 0.5) is 0 Å². The Balaban J connectivity index is 1.63. The summed E-state index contributed by atoms with van der Waals surface area (Å²) in [5, 5.41) is 10.7. The zero-order valence-electron chi connectivity index (χ0n) is 14.5. The lowest BCUT2D eigenvalue weighted by molar-refractivity contribution is -0.140. The van der Waals surface area contributed by atoms with Crippen LogP contribution in [0, 0.1) is 0 Å². The number of rotatable bonds is 6. The molecule has 1 aliphatic heterocycles. The summed E-state index contributed by atoms with van der Waals surface area (Å²) < 4.78 is 5.50. The third kappa shape index (κ3) is 4.58. The molecule has 0 spiro atoms. The molecule has 1 aliphatic carbocycles. The van der Waals surface area contributed by atoms with Crippen molar-refractivity contribution in [1.82, 2.24) is 4.90 Å². The van der Waals surface area contributed by atoms with Gasteiger partial charge in [0.1, 0.15) is 0 Å². The van der Waals surface area contributed by atoms with Crippen LogP contribution in [-0.2, 0) is 16.0 Å². The molecule has 1 atom stereocenters. The van der Waals surface area contributed by atoms with Gasteiger partial charge in [0, 0.05) is 13.2 Å². The second kappa shape index (κ2) is 8.13. The highest BCUT2D eigenvalue weighted by Crippen LogP contribution is 2.32.